The number of carbonyl (C=O) groups is 2. The van der Waals surface area contributed by atoms with Gasteiger partial charge in [0.25, 0.3) is 0 Å². The van der Waals surface area contributed by atoms with Crippen LogP contribution in [-0.4, -0.2) is 42.1 Å². The molecule has 120 valence electrons. The van der Waals surface area contributed by atoms with Crippen molar-refractivity contribution in [2.24, 2.45) is 5.92 Å². The Morgan fingerprint density at radius 3 is 2.55 bits per heavy atom. The predicted octanol–water partition coefficient (Wildman–Crippen LogP) is 2.64. The highest BCUT2D eigenvalue weighted by atomic mass is 16.6. The molecule has 5 nitrogen and oxygen atoms in total. The van der Waals surface area contributed by atoms with Crippen molar-refractivity contribution in [1.82, 2.24) is 4.90 Å². The molecule has 1 saturated heterocycles. The molecule has 0 aliphatic carbocycles. The summed E-state index contributed by atoms with van der Waals surface area (Å²) in [7, 11) is 0. The van der Waals surface area contributed by atoms with Gasteiger partial charge in [-0.15, -0.1) is 0 Å². The Morgan fingerprint density at radius 1 is 1.27 bits per heavy atom. The summed E-state index contributed by atoms with van der Waals surface area (Å²) >= 11 is 0. The number of ether oxygens (including phenoxy) is 2. The number of likely N-dealkylation sites (tertiary alicyclic amines) is 1. The third kappa shape index (κ3) is 4.56. The molecule has 1 aromatic rings. The Labute approximate surface area is 131 Å². The molecule has 0 N–H and O–H groups in total. The first-order valence-corrected chi connectivity index (χ1v) is 7.48. The third-order valence-corrected chi connectivity index (χ3v) is 3.44. The summed E-state index contributed by atoms with van der Waals surface area (Å²) in [6, 6.07) is 9.76. The second-order valence-corrected chi connectivity index (χ2v) is 6.52. The molecule has 0 spiro atoms. The normalized spacial score (nSPS) is 21.7. The molecule has 0 unspecified atom stereocenters. The minimum Gasteiger partial charge on any atom is -0.444 e. The van der Waals surface area contributed by atoms with Crippen LogP contribution in [0.5, 0.6) is 0 Å². The zero-order chi connectivity index (χ0) is 16.2. The molecule has 1 aliphatic heterocycles. The fourth-order valence-corrected chi connectivity index (χ4v) is 2.36. The number of hydrogen-bond acceptors (Lipinski definition) is 4. The Kier molecular flexibility index (Phi) is 5.19. The first-order valence-electron chi connectivity index (χ1n) is 7.48. The van der Waals surface area contributed by atoms with Gasteiger partial charge in [0.1, 0.15) is 11.9 Å². The number of carbonyl (C=O) groups excluding carboxylic acids is 2. The van der Waals surface area contributed by atoms with Crippen LogP contribution in [0.2, 0.25) is 0 Å². The van der Waals surface area contributed by atoms with E-state index in [-0.39, 0.29) is 12.0 Å². The summed E-state index contributed by atoms with van der Waals surface area (Å²) in [5, 5.41) is 0. The second kappa shape index (κ2) is 6.92. The van der Waals surface area contributed by atoms with Crippen molar-refractivity contribution in [1.29, 1.82) is 0 Å². The van der Waals surface area contributed by atoms with Crippen molar-refractivity contribution in [3.63, 3.8) is 0 Å². The average Bonchev–Trinajstić information content (AvgIpc) is 2.88. The summed E-state index contributed by atoms with van der Waals surface area (Å²) < 4.78 is 11.2. The van der Waals surface area contributed by atoms with Gasteiger partial charge in [0.2, 0.25) is 0 Å². The molecular weight excluding hydrogens is 282 g/mol. The van der Waals surface area contributed by atoms with E-state index in [1.165, 1.54) is 0 Å². The van der Waals surface area contributed by atoms with Gasteiger partial charge in [0.15, 0.2) is 0 Å². The van der Waals surface area contributed by atoms with E-state index in [9.17, 15) is 9.59 Å². The summed E-state index contributed by atoms with van der Waals surface area (Å²) in [6.45, 7) is 6.62. The van der Waals surface area contributed by atoms with Crippen LogP contribution >= 0.6 is 0 Å². The van der Waals surface area contributed by atoms with E-state index in [0.29, 0.717) is 19.7 Å². The summed E-state index contributed by atoms with van der Waals surface area (Å²) in [4.78, 5) is 24.8. The number of aldehydes is 1. The molecule has 0 bridgehead atoms. The fraction of sp³-hybridized carbons (Fsp3) is 0.529. The lowest BCUT2D eigenvalue weighted by molar-refractivity contribution is -0.114. The lowest BCUT2D eigenvalue weighted by Crippen LogP contribution is -2.36. The van der Waals surface area contributed by atoms with E-state index in [1.54, 1.807) is 4.90 Å². The van der Waals surface area contributed by atoms with Gasteiger partial charge >= 0.3 is 6.09 Å². The lowest BCUT2D eigenvalue weighted by atomic mass is 10.1. The highest BCUT2D eigenvalue weighted by molar-refractivity contribution is 5.70. The smallest absolute Gasteiger partial charge is 0.410 e. The van der Waals surface area contributed by atoms with E-state index >= 15 is 0 Å². The molecule has 2 atom stereocenters. The maximum absolute atomic E-state index is 12.1. The molecule has 0 aromatic heterocycles. The van der Waals surface area contributed by atoms with Gasteiger partial charge in [-0.3, -0.25) is 0 Å². The van der Waals surface area contributed by atoms with Crippen molar-refractivity contribution in [3.8, 4) is 0 Å². The maximum Gasteiger partial charge on any atom is 0.410 e. The van der Waals surface area contributed by atoms with Crippen LogP contribution in [0.25, 0.3) is 0 Å². The van der Waals surface area contributed by atoms with Crippen molar-refractivity contribution < 1.29 is 19.1 Å². The van der Waals surface area contributed by atoms with E-state index in [2.05, 4.69) is 0 Å². The quantitative estimate of drug-likeness (QED) is 0.802. The number of amides is 1. The van der Waals surface area contributed by atoms with E-state index in [4.69, 9.17) is 9.47 Å². The summed E-state index contributed by atoms with van der Waals surface area (Å²) in [5.74, 6) is -0.309. The van der Waals surface area contributed by atoms with Crippen LogP contribution < -0.4 is 0 Å². The number of benzene rings is 1. The SMILES string of the molecule is CC(C)(C)OC(=O)N1C[C@@H](C=O)[C@H](OCc2ccccc2)C1. The Hall–Kier alpha value is -1.88. The molecular formula is C17H23NO4. The first kappa shape index (κ1) is 16.5. The van der Waals surface area contributed by atoms with E-state index in [1.807, 2.05) is 51.1 Å². The van der Waals surface area contributed by atoms with Crippen molar-refractivity contribution >= 4 is 12.4 Å². The zero-order valence-electron chi connectivity index (χ0n) is 13.3. The largest absolute Gasteiger partial charge is 0.444 e. The minimum absolute atomic E-state index is 0.287. The van der Waals surface area contributed by atoms with Crippen molar-refractivity contribution in [3.05, 3.63) is 35.9 Å². The van der Waals surface area contributed by atoms with Crippen LogP contribution in [0.3, 0.4) is 0 Å². The molecule has 5 heteroatoms. The number of rotatable bonds is 4. The standard InChI is InChI=1S/C17H23NO4/c1-17(2,3)22-16(20)18-9-14(11-19)15(10-18)21-12-13-7-5-4-6-8-13/h4-8,11,14-15H,9-10,12H2,1-3H3/t14-,15+/m0/s1. The molecule has 1 fully saturated rings. The van der Waals surface area contributed by atoms with Gasteiger partial charge in [-0.25, -0.2) is 4.79 Å². The van der Waals surface area contributed by atoms with E-state index in [0.717, 1.165) is 11.8 Å². The topological polar surface area (TPSA) is 55.8 Å². The fourth-order valence-electron chi connectivity index (χ4n) is 2.36. The lowest BCUT2D eigenvalue weighted by Gasteiger charge is -2.24. The monoisotopic (exact) mass is 305 g/mol. The van der Waals surface area contributed by atoms with Crippen molar-refractivity contribution in [2.45, 2.75) is 39.1 Å². The molecule has 22 heavy (non-hydrogen) atoms. The summed E-state index contributed by atoms with van der Waals surface area (Å²) in [5.41, 5.74) is 0.499. The Bertz CT molecular complexity index is 509. The highest BCUT2D eigenvalue weighted by Crippen LogP contribution is 2.22. The predicted molar refractivity (Wildman–Crippen MR) is 82.4 cm³/mol. The Morgan fingerprint density at radius 2 is 1.95 bits per heavy atom. The molecule has 1 heterocycles. The number of hydrogen-bond donors (Lipinski definition) is 0. The molecule has 1 aromatic carbocycles. The molecule has 0 radical (unpaired) electrons. The summed E-state index contributed by atoms with van der Waals surface area (Å²) in [6.07, 6.45) is 0.176. The van der Waals surface area contributed by atoms with Crippen LogP contribution in [-0.2, 0) is 20.9 Å². The first-order chi connectivity index (χ1) is 10.4. The highest BCUT2D eigenvalue weighted by Gasteiger charge is 2.37. The zero-order valence-corrected chi connectivity index (χ0v) is 13.3. The minimum atomic E-state index is -0.545. The van der Waals surface area contributed by atoms with Gasteiger partial charge in [-0.2, -0.15) is 0 Å². The molecule has 2 rings (SSSR count). The third-order valence-electron chi connectivity index (χ3n) is 3.44. The van der Waals surface area contributed by atoms with Crippen LogP contribution in [0.4, 0.5) is 4.79 Å². The second-order valence-electron chi connectivity index (χ2n) is 6.52. The Balaban J connectivity index is 1.92. The average molecular weight is 305 g/mol. The van der Waals surface area contributed by atoms with Crippen LogP contribution in [0.1, 0.15) is 26.3 Å². The van der Waals surface area contributed by atoms with Crippen LogP contribution in [0, 0.1) is 5.92 Å². The molecule has 1 amide bonds. The van der Waals surface area contributed by atoms with Gasteiger partial charge < -0.3 is 19.2 Å². The van der Waals surface area contributed by atoms with E-state index < -0.39 is 11.7 Å². The maximum atomic E-state index is 12.1. The number of nitrogens with zero attached hydrogens (tertiary/aromatic N) is 1. The molecule has 1 aliphatic rings. The van der Waals surface area contributed by atoms with Gasteiger partial charge in [-0.05, 0) is 26.3 Å². The van der Waals surface area contributed by atoms with Crippen molar-refractivity contribution in [2.75, 3.05) is 13.1 Å². The van der Waals surface area contributed by atoms with Gasteiger partial charge in [-0.1, -0.05) is 30.3 Å². The van der Waals surface area contributed by atoms with Gasteiger partial charge in [0.05, 0.1) is 25.2 Å². The van der Waals surface area contributed by atoms with Crippen LogP contribution in [0.15, 0.2) is 30.3 Å². The van der Waals surface area contributed by atoms with Gasteiger partial charge in [0, 0.05) is 6.54 Å². The molecule has 0 saturated carbocycles.